The Morgan fingerprint density at radius 2 is 1.35 bits per heavy atom. The largest absolute Gasteiger partial charge is 0.508 e. The number of unbranched alkanes of at least 4 members (excludes halogenated alkanes) is 1. The van der Waals surface area contributed by atoms with Crippen LogP contribution in [0.2, 0.25) is 0 Å². The second kappa shape index (κ2) is 8.68. The summed E-state index contributed by atoms with van der Waals surface area (Å²) < 4.78 is 15.8. The van der Waals surface area contributed by atoms with Crippen molar-refractivity contribution in [2.75, 3.05) is 20.3 Å². The maximum Gasteiger partial charge on any atom is 0.337 e. The third-order valence-electron chi connectivity index (χ3n) is 3.19. The summed E-state index contributed by atoms with van der Waals surface area (Å²) in [6.07, 6.45) is 1.72. The zero-order chi connectivity index (χ0) is 16.5. The van der Waals surface area contributed by atoms with Crippen LogP contribution in [0.4, 0.5) is 0 Å². The first-order chi connectivity index (χ1) is 11.2. The molecule has 2 rings (SSSR count). The van der Waals surface area contributed by atoms with Gasteiger partial charge in [-0.15, -0.1) is 0 Å². The monoisotopic (exact) mass is 316 g/mol. The highest BCUT2D eigenvalue weighted by molar-refractivity contribution is 5.89. The molecule has 0 aliphatic rings. The number of benzene rings is 2. The molecule has 5 heteroatoms. The Kier molecular flexibility index (Phi) is 6.29. The molecule has 0 radical (unpaired) electrons. The normalized spacial score (nSPS) is 10.1. The Labute approximate surface area is 135 Å². The van der Waals surface area contributed by atoms with E-state index in [9.17, 15) is 9.90 Å². The number of esters is 1. The summed E-state index contributed by atoms with van der Waals surface area (Å²) in [5.74, 6) is 1.33. The van der Waals surface area contributed by atoms with Crippen molar-refractivity contribution < 1.29 is 24.1 Å². The maximum absolute atomic E-state index is 11.3. The zero-order valence-electron chi connectivity index (χ0n) is 13.0. The van der Waals surface area contributed by atoms with E-state index in [0.29, 0.717) is 18.8 Å². The minimum Gasteiger partial charge on any atom is -0.508 e. The third-order valence-corrected chi connectivity index (χ3v) is 3.19. The van der Waals surface area contributed by atoms with E-state index in [4.69, 9.17) is 9.47 Å². The lowest BCUT2D eigenvalue weighted by Crippen LogP contribution is -2.03. The number of ether oxygens (including phenoxy) is 3. The molecule has 23 heavy (non-hydrogen) atoms. The second-order valence-corrected chi connectivity index (χ2v) is 4.91. The molecule has 0 aliphatic carbocycles. The summed E-state index contributed by atoms with van der Waals surface area (Å²) in [6.45, 7) is 1.17. The quantitative estimate of drug-likeness (QED) is 0.597. The van der Waals surface area contributed by atoms with Gasteiger partial charge in [0.15, 0.2) is 0 Å². The topological polar surface area (TPSA) is 65.0 Å². The summed E-state index contributed by atoms with van der Waals surface area (Å²) in [4.78, 5) is 11.3. The highest BCUT2D eigenvalue weighted by Gasteiger charge is 2.04. The SMILES string of the molecule is COC(=O)c1ccc(OCCCCOc2ccc(O)cc2)cc1. The molecule has 1 N–H and O–H groups in total. The summed E-state index contributed by atoms with van der Waals surface area (Å²) in [6, 6.07) is 13.5. The Hall–Kier alpha value is -2.69. The van der Waals surface area contributed by atoms with E-state index in [2.05, 4.69) is 4.74 Å². The Bertz CT molecular complexity index is 604. The molecule has 5 nitrogen and oxygen atoms in total. The fraction of sp³-hybridized carbons (Fsp3) is 0.278. The van der Waals surface area contributed by atoms with Gasteiger partial charge in [0.25, 0.3) is 0 Å². The standard InChI is InChI=1S/C18H20O5/c1-21-18(20)14-4-8-16(9-5-14)22-12-2-3-13-23-17-10-6-15(19)7-11-17/h4-11,19H,2-3,12-13H2,1H3. The van der Waals surface area contributed by atoms with Gasteiger partial charge in [-0.2, -0.15) is 0 Å². The maximum atomic E-state index is 11.3. The lowest BCUT2D eigenvalue weighted by Gasteiger charge is -2.08. The van der Waals surface area contributed by atoms with Crippen LogP contribution in [0.15, 0.2) is 48.5 Å². The van der Waals surface area contributed by atoms with Crippen molar-refractivity contribution in [3.8, 4) is 17.2 Å². The molecular weight excluding hydrogens is 296 g/mol. The summed E-state index contributed by atoms with van der Waals surface area (Å²) >= 11 is 0. The summed E-state index contributed by atoms with van der Waals surface area (Å²) in [5.41, 5.74) is 0.502. The van der Waals surface area contributed by atoms with E-state index in [1.54, 1.807) is 48.5 Å². The first kappa shape index (κ1) is 16.7. The highest BCUT2D eigenvalue weighted by atomic mass is 16.5. The molecule has 122 valence electrons. The molecule has 0 aliphatic heterocycles. The van der Waals surface area contributed by atoms with Crippen LogP contribution in [0.3, 0.4) is 0 Å². The van der Waals surface area contributed by atoms with E-state index < -0.39 is 0 Å². The van der Waals surface area contributed by atoms with Crippen LogP contribution in [0, 0.1) is 0 Å². The van der Waals surface area contributed by atoms with Crippen LogP contribution in [0.5, 0.6) is 17.2 Å². The Morgan fingerprint density at radius 3 is 1.83 bits per heavy atom. The van der Waals surface area contributed by atoms with Gasteiger partial charge in [-0.1, -0.05) is 0 Å². The molecule has 0 aromatic heterocycles. The average molecular weight is 316 g/mol. The molecule has 0 bridgehead atoms. The van der Waals surface area contributed by atoms with Gasteiger partial charge in [0.1, 0.15) is 17.2 Å². The van der Waals surface area contributed by atoms with Crippen molar-refractivity contribution in [2.45, 2.75) is 12.8 Å². The van der Waals surface area contributed by atoms with Crippen molar-refractivity contribution in [3.05, 3.63) is 54.1 Å². The minimum atomic E-state index is -0.358. The molecular formula is C18H20O5. The lowest BCUT2D eigenvalue weighted by atomic mass is 10.2. The van der Waals surface area contributed by atoms with Gasteiger partial charge < -0.3 is 19.3 Å². The number of hydrogen-bond acceptors (Lipinski definition) is 5. The fourth-order valence-electron chi connectivity index (χ4n) is 1.93. The summed E-state index contributed by atoms with van der Waals surface area (Å²) in [7, 11) is 1.35. The van der Waals surface area contributed by atoms with Gasteiger partial charge in [-0.25, -0.2) is 4.79 Å². The molecule has 0 atom stereocenters. The number of rotatable bonds is 8. The molecule has 0 heterocycles. The van der Waals surface area contributed by atoms with Crippen LogP contribution < -0.4 is 9.47 Å². The molecule has 0 spiro atoms. The van der Waals surface area contributed by atoms with Gasteiger partial charge in [0.05, 0.1) is 25.9 Å². The predicted octanol–water partition coefficient (Wildman–Crippen LogP) is 3.42. The van der Waals surface area contributed by atoms with E-state index >= 15 is 0 Å². The molecule has 0 fully saturated rings. The van der Waals surface area contributed by atoms with Crippen molar-refractivity contribution >= 4 is 5.97 Å². The van der Waals surface area contributed by atoms with Crippen LogP contribution in [-0.4, -0.2) is 31.4 Å². The second-order valence-electron chi connectivity index (χ2n) is 4.91. The number of carbonyl (C=O) groups is 1. The van der Waals surface area contributed by atoms with Gasteiger partial charge in [-0.05, 0) is 61.4 Å². The van der Waals surface area contributed by atoms with E-state index in [-0.39, 0.29) is 11.7 Å². The highest BCUT2D eigenvalue weighted by Crippen LogP contribution is 2.16. The average Bonchev–Trinajstić information content (AvgIpc) is 2.59. The number of aromatic hydroxyl groups is 1. The van der Waals surface area contributed by atoms with Crippen molar-refractivity contribution in [1.29, 1.82) is 0 Å². The predicted molar refractivity (Wildman–Crippen MR) is 86.1 cm³/mol. The smallest absolute Gasteiger partial charge is 0.337 e. The van der Waals surface area contributed by atoms with Crippen molar-refractivity contribution in [1.82, 2.24) is 0 Å². The molecule has 0 saturated carbocycles. The number of hydrogen-bond donors (Lipinski definition) is 1. The minimum absolute atomic E-state index is 0.226. The van der Waals surface area contributed by atoms with Crippen LogP contribution in [-0.2, 0) is 4.74 Å². The van der Waals surface area contributed by atoms with Crippen LogP contribution in [0.1, 0.15) is 23.2 Å². The van der Waals surface area contributed by atoms with Gasteiger partial charge >= 0.3 is 5.97 Å². The Balaban J connectivity index is 1.61. The zero-order valence-corrected chi connectivity index (χ0v) is 13.0. The van der Waals surface area contributed by atoms with Gasteiger partial charge in [0.2, 0.25) is 0 Å². The third kappa shape index (κ3) is 5.54. The first-order valence-electron chi connectivity index (χ1n) is 7.42. The van der Waals surface area contributed by atoms with Crippen LogP contribution >= 0.6 is 0 Å². The molecule has 2 aromatic rings. The fourth-order valence-corrected chi connectivity index (χ4v) is 1.93. The van der Waals surface area contributed by atoms with Gasteiger partial charge in [0, 0.05) is 0 Å². The number of phenolic OH excluding ortho intramolecular Hbond substituents is 1. The van der Waals surface area contributed by atoms with Crippen molar-refractivity contribution in [3.63, 3.8) is 0 Å². The number of carbonyl (C=O) groups excluding carboxylic acids is 1. The van der Waals surface area contributed by atoms with Gasteiger partial charge in [-0.3, -0.25) is 0 Å². The van der Waals surface area contributed by atoms with Crippen LogP contribution in [0.25, 0.3) is 0 Å². The van der Waals surface area contributed by atoms with E-state index in [1.807, 2.05) is 0 Å². The first-order valence-corrected chi connectivity index (χ1v) is 7.42. The summed E-state index contributed by atoms with van der Waals surface area (Å²) in [5, 5.41) is 9.17. The lowest BCUT2D eigenvalue weighted by molar-refractivity contribution is 0.0600. The molecule has 0 amide bonds. The molecule has 0 saturated heterocycles. The Morgan fingerprint density at radius 1 is 0.870 bits per heavy atom. The van der Waals surface area contributed by atoms with E-state index in [0.717, 1.165) is 24.3 Å². The van der Waals surface area contributed by atoms with Crippen molar-refractivity contribution in [2.24, 2.45) is 0 Å². The molecule has 0 unspecified atom stereocenters. The molecule has 2 aromatic carbocycles. The van der Waals surface area contributed by atoms with E-state index in [1.165, 1.54) is 7.11 Å². The number of methoxy groups -OCH3 is 1. The number of phenols is 1.